The number of anilines is 1. The first-order valence-corrected chi connectivity index (χ1v) is 7.90. The van der Waals surface area contributed by atoms with Crippen LogP contribution in [-0.2, 0) is 19.8 Å². The van der Waals surface area contributed by atoms with Gasteiger partial charge >= 0.3 is 13.3 Å². The summed E-state index contributed by atoms with van der Waals surface area (Å²) in [6, 6.07) is 1.29. The number of aliphatic hydroxyl groups excluding tert-OH is 2. The van der Waals surface area contributed by atoms with E-state index >= 15 is 0 Å². The maximum absolute atomic E-state index is 11.8. The van der Waals surface area contributed by atoms with E-state index in [4.69, 9.17) is 25.0 Å². The van der Waals surface area contributed by atoms with Gasteiger partial charge in [0.2, 0.25) is 0 Å². The van der Waals surface area contributed by atoms with Gasteiger partial charge in [0, 0.05) is 6.20 Å². The Morgan fingerprint density at radius 3 is 2.73 bits per heavy atom. The van der Waals surface area contributed by atoms with Gasteiger partial charge in [-0.1, -0.05) is 0 Å². The van der Waals surface area contributed by atoms with Gasteiger partial charge in [-0.25, -0.2) is 4.79 Å². The highest BCUT2D eigenvalue weighted by Gasteiger charge is 2.54. The predicted molar refractivity (Wildman–Crippen MR) is 71.4 cm³/mol. The normalized spacial score (nSPS) is 32.3. The summed E-state index contributed by atoms with van der Waals surface area (Å²) < 4.78 is 21.8. The van der Waals surface area contributed by atoms with Crippen molar-refractivity contribution < 1.29 is 34.0 Å². The Morgan fingerprint density at radius 2 is 2.18 bits per heavy atom. The van der Waals surface area contributed by atoms with Crippen molar-refractivity contribution in [3.63, 3.8) is 0 Å². The SMILES string of the molecule is C[C@@]1(n2ccc(N)nc2=O)O[C@H](OCP(=O)(O)O)[C@@H](O)[C@H]1O. The van der Waals surface area contributed by atoms with Crippen LogP contribution in [0.2, 0.25) is 0 Å². The second-order valence-corrected chi connectivity index (χ2v) is 6.53. The topological polar surface area (TPSA) is 177 Å². The van der Waals surface area contributed by atoms with Gasteiger partial charge < -0.3 is 35.2 Å². The average Bonchev–Trinajstić information content (AvgIpc) is 2.61. The number of aromatic nitrogens is 2. The van der Waals surface area contributed by atoms with Gasteiger partial charge in [-0.3, -0.25) is 9.13 Å². The number of hydrogen-bond acceptors (Lipinski definition) is 8. The van der Waals surface area contributed by atoms with Crippen molar-refractivity contribution in [3.05, 3.63) is 22.7 Å². The molecule has 2 heterocycles. The monoisotopic (exact) mass is 337 g/mol. The molecule has 0 aliphatic carbocycles. The van der Waals surface area contributed by atoms with Crippen molar-refractivity contribution in [1.82, 2.24) is 9.55 Å². The number of rotatable bonds is 4. The van der Waals surface area contributed by atoms with Crippen LogP contribution in [0, 0.1) is 0 Å². The zero-order valence-electron chi connectivity index (χ0n) is 11.4. The largest absolute Gasteiger partial charge is 0.385 e. The lowest BCUT2D eigenvalue weighted by Crippen LogP contribution is -2.48. The molecule has 12 heteroatoms. The summed E-state index contributed by atoms with van der Waals surface area (Å²) in [4.78, 5) is 32.8. The van der Waals surface area contributed by atoms with Gasteiger partial charge in [-0.2, -0.15) is 4.98 Å². The van der Waals surface area contributed by atoms with E-state index in [1.54, 1.807) is 0 Å². The number of aliphatic hydroxyl groups is 2. The summed E-state index contributed by atoms with van der Waals surface area (Å²) in [6.45, 7) is 1.29. The van der Waals surface area contributed by atoms with Crippen molar-refractivity contribution >= 4 is 13.4 Å². The second kappa shape index (κ2) is 5.70. The van der Waals surface area contributed by atoms with Gasteiger partial charge in [0.15, 0.2) is 18.4 Å². The first-order chi connectivity index (χ1) is 10.0. The molecule has 6 N–H and O–H groups in total. The van der Waals surface area contributed by atoms with Crippen LogP contribution in [0.4, 0.5) is 5.82 Å². The molecule has 1 aromatic heterocycles. The molecule has 1 aromatic rings. The second-order valence-electron chi connectivity index (χ2n) is 4.94. The Hall–Kier alpha value is -1.33. The smallest absolute Gasteiger partial charge is 0.351 e. The highest BCUT2D eigenvalue weighted by molar-refractivity contribution is 7.51. The van der Waals surface area contributed by atoms with Crippen LogP contribution in [0.3, 0.4) is 0 Å². The van der Waals surface area contributed by atoms with E-state index in [1.807, 2.05) is 0 Å². The Bertz CT molecular complexity index is 660. The summed E-state index contributed by atoms with van der Waals surface area (Å²) in [5.41, 5.74) is 2.80. The van der Waals surface area contributed by atoms with E-state index in [0.717, 1.165) is 4.57 Å². The fraction of sp³-hybridized carbons (Fsp3) is 0.600. The lowest BCUT2D eigenvalue weighted by molar-refractivity contribution is -0.206. The summed E-state index contributed by atoms with van der Waals surface area (Å²) in [6.07, 6.45) is -4.55. The minimum Gasteiger partial charge on any atom is -0.385 e. The van der Waals surface area contributed by atoms with Crippen molar-refractivity contribution in [2.45, 2.75) is 31.1 Å². The van der Waals surface area contributed by atoms with E-state index < -0.39 is 43.9 Å². The van der Waals surface area contributed by atoms with E-state index in [0.29, 0.717) is 0 Å². The third kappa shape index (κ3) is 3.20. The first kappa shape index (κ1) is 17.0. The van der Waals surface area contributed by atoms with Gasteiger partial charge in [0.25, 0.3) is 0 Å². The standard InChI is InChI=1S/C10H16N3O8P/c1-10(13-3-2-5(11)12-9(13)16)7(15)6(14)8(21-10)20-4-22(17,18)19/h2-3,6-8,14-15H,4H2,1H3,(H2,11,12,16)(H2,17,18,19)/t6-,7+,8-,10+/m0/s1. The van der Waals surface area contributed by atoms with E-state index in [-0.39, 0.29) is 5.82 Å². The summed E-state index contributed by atoms with van der Waals surface area (Å²) in [7, 11) is -4.49. The third-order valence-corrected chi connectivity index (χ3v) is 3.70. The molecule has 0 unspecified atom stereocenters. The quantitative estimate of drug-likeness (QED) is 0.376. The number of hydrogen-bond donors (Lipinski definition) is 5. The lowest BCUT2D eigenvalue weighted by atomic mass is 10.1. The Balaban J connectivity index is 2.28. The summed E-state index contributed by atoms with van der Waals surface area (Å²) >= 11 is 0. The van der Waals surface area contributed by atoms with E-state index in [2.05, 4.69) is 4.98 Å². The van der Waals surface area contributed by atoms with Gasteiger partial charge in [0.1, 0.15) is 18.0 Å². The zero-order chi connectivity index (χ0) is 16.7. The van der Waals surface area contributed by atoms with Crippen LogP contribution in [0.1, 0.15) is 6.92 Å². The number of ether oxygens (including phenoxy) is 2. The maximum atomic E-state index is 11.8. The molecule has 124 valence electrons. The number of nitrogens with zero attached hydrogens (tertiary/aromatic N) is 2. The first-order valence-electron chi connectivity index (χ1n) is 6.10. The van der Waals surface area contributed by atoms with Crippen LogP contribution in [0.15, 0.2) is 17.1 Å². The van der Waals surface area contributed by atoms with Crippen molar-refractivity contribution in [2.24, 2.45) is 0 Å². The fourth-order valence-electron chi connectivity index (χ4n) is 2.10. The molecule has 0 saturated carbocycles. The molecule has 0 aromatic carbocycles. The maximum Gasteiger partial charge on any atom is 0.351 e. The van der Waals surface area contributed by atoms with Crippen LogP contribution in [0.25, 0.3) is 0 Å². The van der Waals surface area contributed by atoms with E-state index in [1.165, 1.54) is 19.2 Å². The molecule has 11 nitrogen and oxygen atoms in total. The van der Waals surface area contributed by atoms with Gasteiger partial charge in [-0.05, 0) is 13.0 Å². The Morgan fingerprint density at radius 1 is 1.55 bits per heavy atom. The molecule has 1 saturated heterocycles. The molecule has 1 aliphatic rings. The van der Waals surface area contributed by atoms with Crippen molar-refractivity contribution in [1.29, 1.82) is 0 Å². The number of nitrogens with two attached hydrogens (primary N) is 1. The van der Waals surface area contributed by atoms with Crippen molar-refractivity contribution in [2.75, 3.05) is 12.1 Å². The molecular weight excluding hydrogens is 321 g/mol. The molecule has 0 amide bonds. The van der Waals surface area contributed by atoms with Crippen LogP contribution in [-0.4, -0.2) is 54.4 Å². The zero-order valence-corrected chi connectivity index (χ0v) is 12.3. The molecule has 22 heavy (non-hydrogen) atoms. The van der Waals surface area contributed by atoms with Gasteiger partial charge in [-0.15, -0.1) is 0 Å². The van der Waals surface area contributed by atoms with Gasteiger partial charge in [0.05, 0.1) is 0 Å². The molecular formula is C10H16N3O8P. The lowest BCUT2D eigenvalue weighted by Gasteiger charge is -2.29. The Kier molecular flexibility index (Phi) is 4.42. The van der Waals surface area contributed by atoms with E-state index in [9.17, 15) is 19.6 Å². The highest BCUT2D eigenvalue weighted by Crippen LogP contribution is 2.39. The molecule has 2 rings (SSSR count). The summed E-state index contributed by atoms with van der Waals surface area (Å²) in [5.74, 6) is -0.0350. The molecule has 4 atom stereocenters. The minimum absolute atomic E-state index is 0.0350. The van der Waals surface area contributed by atoms with Crippen LogP contribution in [0.5, 0.6) is 0 Å². The number of nitrogen functional groups attached to an aromatic ring is 1. The molecule has 1 aliphatic heterocycles. The summed E-state index contributed by atoms with van der Waals surface area (Å²) in [5, 5.41) is 20.0. The molecule has 0 radical (unpaired) electrons. The average molecular weight is 337 g/mol. The fourth-order valence-corrected chi connectivity index (χ4v) is 2.44. The predicted octanol–water partition coefficient (Wildman–Crippen LogP) is -2.27. The molecule has 0 bridgehead atoms. The molecule has 1 fully saturated rings. The minimum atomic E-state index is -4.49. The van der Waals surface area contributed by atoms with Crippen molar-refractivity contribution in [3.8, 4) is 0 Å². The Labute approximate surface area is 124 Å². The molecule has 0 spiro atoms. The third-order valence-electron chi connectivity index (χ3n) is 3.22. The van der Waals surface area contributed by atoms with Crippen LogP contribution >= 0.6 is 7.60 Å². The highest BCUT2D eigenvalue weighted by atomic mass is 31.2. The van der Waals surface area contributed by atoms with Crippen LogP contribution < -0.4 is 11.4 Å².